The third-order valence-corrected chi connectivity index (χ3v) is 4.64. The average molecular weight is 387 g/mol. The minimum Gasteiger partial charge on any atom is -0.449 e. The molecule has 0 spiro atoms. The number of aromatic nitrogens is 1. The second-order valence-electron chi connectivity index (χ2n) is 5.42. The van der Waals surface area contributed by atoms with E-state index in [1.54, 1.807) is 24.3 Å². The van der Waals surface area contributed by atoms with Gasteiger partial charge >= 0.3 is 5.97 Å². The van der Waals surface area contributed by atoms with E-state index in [-0.39, 0.29) is 10.6 Å². The Kier molecular flexibility index (Phi) is 5.65. The predicted octanol–water partition coefficient (Wildman–Crippen LogP) is 4.65. The van der Waals surface area contributed by atoms with E-state index in [9.17, 15) is 9.59 Å². The van der Waals surface area contributed by atoms with E-state index < -0.39 is 18.0 Å². The molecule has 0 fully saturated rings. The van der Waals surface area contributed by atoms with Gasteiger partial charge in [-0.15, -0.1) is 11.3 Å². The molecule has 0 radical (unpaired) electrons. The van der Waals surface area contributed by atoms with E-state index >= 15 is 0 Å². The van der Waals surface area contributed by atoms with Crippen molar-refractivity contribution in [3.63, 3.8) is 0 Å². The van der Waals surface area contributed by atoms with E-state index in [1.807, 2.05) is 35.7 Å². The van der Waals surface area contributed by atoms with Gasteiger partial charge in [0, 0.05) is 10.9 Å². The van der Waals surface area contributed by atoms with Crippen molar-refractivity contribution in [2.75, 3.05) is 5.32 Å². The summed E-state index contributed by atoms with van der Waals surface area (Å²) in [5.41, 5.74) is 1.95. The SMILES string of the molecule is C[C@@H](OC(=O)c1ccccc1Cl)C(=O)Nc1nc(-c2ccccc2)cs1. The first-order chi connectivity index (χ1) is 12.5. The molecule has 132 valence electrons. The molecule has 0 saturated heterocycles. The molecule has 2 aromatic carbocycles. The van der Waals surface area contributed by atoms with E-state index in [0.29, 0.717) is 5.13 Å². The Bertz CT molecular complexity index is 927. The van der Waals surface area contributed by atoms with Gasteiger partial charge in [-0.1, -0.05) is 54.1 Å². The quantitative estimate of drug-likeness (QED) is 0.648. The smallest absolute Gasteiger partial charge is 0.340 e. The lowest BCUT2D eigenvalue weighted by Crippen LogP contribution is -2.30. The first kappa shape index (κ1) is 18.1. The molecule has 7 heteroatoms. The number of hydrogen-bond acceptors (Lipinski definition) is 5. The first-order valence-corrected chi connectivity index (χ1v) is 9.07. The number of hydrogen-bond donors (Lipinski definition) is 1. The van der Waals surface area contributed by atoms with Crippen LogP contribution < -0.4 is 5.32 Å². The summed E-state index contributed by atoms with van der Waals surface area (Å²) in [6.45, 7) is 1.50. The van der Waals surface area contributed by atoms with Gasteiger partial charge in [0.1, 0.15) is 0 Å². The van der Waals surface area contributed by atoms with Crippen molar-refractivity contribution in [1.29, 1.82) is 0 Å². The molecular weight excluding hydrogens is 372 g/mol. The first-order valence-electron chi connectivity index (χ1n) is 7.82. The highest BCUT2D eigenvalue weighted by Crippen LogP contribution is 2.25. The van der Waals surface area contributed by atoms with Gasteiger partial charge in [0.2, 0.25) is 0 Å². The van der Waals surface area contributed by atoms with Gasteiger partial charge in [0.25, 0.3) is 5.91 Å². The van der Waals surface area contributed by atoms with Crippen LogP contribution in [0.25, 0.3) is 11.3 Å². The minimum absolute atomic E-state index is 0.217. The molecule has 1 aromatic heterocycles. The van der Waals surface area contributed by atoms with E-state index in [1.165, 1.54) is 18.3 Å². The van der Waals surface area contributed by atoms with Crippen LogP contribution in [0.3, 0.4) is 0 Å². The fraction of sp³-hybridized carbons (Fsp3) is 0.105. The lowest BCUT2D eigenvalue weighted by Gasteiger charge is -2.12. The molecule has 1 heterocycles. The Morgan fingerprint density at radius 1 is 1.12 bits per heavy atom. The van der Waals surface area contributed by atoms with Crippen LogP contribution in [0.5, 0.6) is 0 Å². The van der Waals surface area contributed by atoms with Crippen LogP contribution in [0.1, 0.15) is 17.3 Å². The van der Waals surface area contributed by atoms with Gasteiger partial charge in [-0.05, 0) is 19.1 Å². The van der Waals surface area contributed by atoms with Crippen molar-refractivity contribution in [2.24, 2.45) is 0 Å². The Morgan fingerprint density at radius 3 is 2.54 bits per heavy atom. The molecule has 26 heavy (non-hydrogen) atoms. The van der Waals surface area contributed by atoms with Crippen LogP contribution >= 0.6 is 22.9 Å². The number of nitrogens with one attached hydrogen (secondary N) is 1. The highest BCUT2D eigenvalue weighted by Gasteiger charge is 2.21. The van der Waals surface area contributed by atoms with Gasteiger partial charge in [0.15, 0.2) is 11.2 Å². The van der Waals surface area contributed by atoms with Crippen molar-refractivity contribution < 1.29 is 14.3 Å². The number of rotatable bonds is 5. The molecule has 3 aromatic rings. The number of carbonyl (C=O) groups is 2. The summed E-state index contributed by atoms with van der Waals surface area (Å²) in [6.07, 6.45) is -0.983. The highest BCUT2D eigenvalue weighted by atomic mass is 35.5. The summed E-state index contributed by atoms with van der Waals surface area (Å²) in [7, 11) is 0. The van der Waals surface area contributed by atoms with Crippen LogP contribution in [0.2, 0.25) is 5.02 Å². The summed E-state index contributed by atoms with van der Waals surface area (Å²) in [5.74, 6) is -1.11. The van der Waals surface area contributed by atoms with E-state index in [4.69, 9.17) is 16.3 Å². The van der Waals surface area contributed by atoms with Crippen molar-refractivity contribution >= 4 is 39.9 Å². The Morgan fingerprint density at radius 2 is 1.81 bits per heavy atom. The number of benzene rings is 2. The molecule has 0 aliphatic carbocycles. The third kappa shape index (κ3) is 4.28. The second kappa shape index (κ2) is 8.12. The number of halogens is 1. The summed E-state index contributed by atoms with van der Waals surface area (Å²) in [5, 5.41) is 5.23. The van der Waals surface area contributed by atoms with Gasteiger partial charge in [-0.2, -0.15) is 0 Å². The van der Waals surface area contributed by atoms with Crippen molar-refractivity contribution in [3.05, 3.63) is 70.6 Å². The predicted molar refractivity (Wildman–Crippen MR) is 103 cm³/mol. The fourth-order valence-corrected chi connectivity index (χ4v) is 3.12. The van der Waals surface area contributed by atoms with Gasteiger partial charge in [-0.25, -0.2) is 9.78 Å². The van der Waals surface area contributed by atoms with Crippen LogP contribution in [-0.4, -0.2) is 23.0 Å². The molecule has 0 unspecified atom stereocenters. The molecule has 3 rings (SSSR count). The van der Waals surface area contributed by atoms with Crippen LogP contribution in [0.15, 0.2) is 60.0 Å². The van der Waals surface area contributed by atoms with Gasteiger partial charge in [-0.3, -0.25) is 10.1 Å². The van der Waals surface area contributed by atoms with Gasteiger partial charge in [0.05, 0.1) is 16.3 Å². The summed E-state index contributed by atoms with van der Waals surface area (Å²) in [6, 6.07) is 16.2. The molecule has 0 aliphatic rings. The lowest BCUT2D eigenvalue weighted by molar-refractivity contribution is -0.123. The van der Waals surface area contributed by atoms with Crippen molar-refractivity contribution in [2.45, 2.75) is 13.0 Å². The van der Waals surface area contributed by atoms with Crippen LogP contribution in [0, 0.1) is 0 Å². The maximum Gasteiger partial charge on any atom is 0.340 e. The Labute approximate surface area is 159 Å². The number of anilines is 1. The molecule has 1 amide bonds. The highest BCUT2D eigenvalue weighted by molar-refractivity contribution is 7.14. The number of nitrogens with zero attached hydrogens (tertiary/aromatic N) is 1. The zero-order chi connectivity index (χ0) is 18.5. The molecular formula is C19H15ClN2O3S. The molecule has 1 atom stereocenters. The number of esters is 1. The van der Waals surface area contributed by atoms with E-state index in [0.717, 1.165) is 11.3 Å². The maximum absolute atomic E-state index is 12.3. The topological polar surface area (TPSA) is 68.3 Å². The second-order valence-corrected chi connectivity index (χ2v) is 6.69. The minimum atomic E-state index is -0.983. The average Bonchev–Trinajstić information content (AvgIpc) is 3.11. The largest absolute Gasteiger partial charge is 0.449 e. The molecule has 0 aliphatic heterocycles. The zero-order valence-electron chi connectivity index (χ0n) is 13.8. The molecule has 0 saturated carbocycles. The summed E-state index contributed by atoms with van der Waals surface area (Å²) >= 11 is 7.27. The molecule has 1 N–H and O–H groups in total. The monoisotopic (exact) mass is 386 g/mol. The summed E-state index contributed by atoms with van der Waals surface area (Å²) in [4.78, 5) is 28.8. The number of amides is 1. The van der Waals surface area contributed by atoms with Gasteiger partial charge < -0.3 is 4.74 Å². The summed E-state index contributed by atoms with van der Waals surface area (Å²) < 4.78 is 5.18. The Hall–Kier alpha value is -2.70. The number of ether oxygens (including phenoxy) is 1. The number of carbonyl (C=O) groups excluding carboxylic acids is 2. The van der Waals surface area contributed by atoms with Crippen LogP contribution in [-0.2, 0) is 9.53 Å². The zero-order valence-corrected chi connectivity index (χ0v) is 15.4. The standard InChI is InChI=1S/C19H15ClN2O3S/c1-12(25-18(24)14-9-5-6-10-15(14)20)17(23)22-19-21-16(11-26-19)13-7-3-2-4-8-13/h2-12H,1H3,(H,21,22,23)/t12-/m1/s1. The normalized spacial score (nSPS) is 11.6. The van der Waals surface area contributed by atoms with Crippen molar-refractivity contribution in [3.8, 4) is 11.3 Å². The number of thiazole rings is 1. The van der Waals surface area contributed by atoms with E-state index in [2.05, 4.69) is 10.3 Å². The Balaban J connectivity index is 1.62. The maximum atomic E-state index is 12.3. The van der Waals surface area contributed by atoms with Crippen molar-refractivity contribution in [1.82, 2.24) is 4.98 Å². The van der Waals surface area contributed by atoms with Crippen LogP contribution in [0.4, 0.5) is 5.13 Å². The third-order valence-electron chi connectivity index (χ3n) is 3.55. The lowest BCUT2D eigenvalue weighted by atomic mass is 10.2. The molecule has 5 nitrogen and oxygen atoms in total. The fourth-order valence-electron chi connectivity index (χ4n) is 2.18. The molecule has 0 bridgehead atoms.